The number of anilines is 1. The maximum atomic E-state index is 6.00. The van der Waals surface area contributed by atoms with Crippen LogP contribution in [0.2, 0.25) is 0 Å². The van der Waals surface area contributed by atoms with E-state index in [1.165, 1.54) is 5.56 Å². The Hall–Kier alpha value is -1.22. The minimum atomic E-state index is 0.0160. The zero-order valence-electron chi connectivity index (χ0n) is 8.87. The fraction of sp³-hybridized carbons (Fsp3) is 0.455. The van der Waals surface area contributed by atoms with Gasteiger partial charge >= 0.3 is 0 Å². The van der Waals surface area contributed by atoms with E-state index in [1.807, 2.05) is 14.1 Å². The van der Waals surface area contributed by atoms with Crippen LogP contribution in [0.3, 0.4) is 0 Å². The molecular formula is C11H16N2O. The maximum Gasteiger partial charge on any atom is 0.129 e. The quantitative estimate of drug-likeness (QED) is 0.732. The van der Waals surface area contributed by atoms with Crippen molar-refractivity contribution in [2.45, 2.75) is 13.0 Å². The van der Waals surface area contributed by atoms with Crippen LogP contribution in [0.15, 0.2) is 12.1 Å². The largest absolute Gasteiger partial charge is 0.491 e. The molecule has 0 bridgehead atoms. The minimum absolute atomic E-state index is 0.0160. The number of fused-ring (bicyclic) bond motifs is 1. The van der Waals surface area contributed by atoms with E-state index in [2.05, 4.69) is 24.0 Å². The molecule has 0 amide bonds. The Labute approximate surface area is 84.5 Å². The van der Waals surface area contributed by atoms with E-state index >= 15 is 0 Å². The summed E-state index contributed by atoms with van der Waals surface area (Å²) in [6.45, 7) is 2.65. The van der Waals surface area contributed by atoms with Crippen molar-refractivity contribution in [3.8, 4) is 5.75 Å². The van der Waals surface area contributed by atoms with Gasteiger partial charge in [0, 0.05) is 25.3 Å². The van der Waals surface area contributed by atoms with Crippen LogP contribution in [-0.4, -0.2) is 20.7 Å². The van der Waals surface area contributed by atoms with Gasteiger partial charge in [-0.15, -0.1) is 0 Å². The van der Waals surface area contributed by atoms with Crippen LogP contribution in [0.5, 0.6) is 5.75 Å². The molecule has 2 rings (SSSR count). The van der Waals surface area contributed by atoms with Crippen molar-refractivity contribution in [2.75, 3.05) is 25.6 Å². The second-order valence-electron chi connectivity index (χ2n) is 3.96. The molecular weight excluding hydrogens is 176 g/mol. The molecule has 76 valence electrons. The van der Waals surface area contributed by atoms with Crippen molar-refractivity contribution in [3.63, 3.8) is 0 Å². The van der Waals surface area contributed by atoms with E-state index in [0.29, 0.717) is 6.61 Å². The fourth-order valence-electron chi connectivity index (χ4n) is 1.89. The van der Waals surface area contributed by atoms with Gasteiger partial charge in [0.2, 0.25) is 0 Å². The number of aryl methyl sites for hydroxylation is 1. The molecule has 1 heterocycles. The Morgan fingerprint density at radius 2 is 2.14 bits per heavy atom. The average molecular weight is 192 g/mol. The van der Waals surface area contributed by atoms with Crippen molar-refractivity contribution in [2.24, 2.45) is 5.73 Å². The number of benzene rings is 1. The Morgan fingerprint density at radius 3 is 2.79 bits per heavy atom. The van der Waals surface area contributed by atoms with E-state index in [9.17, 15) is 0 Å². The predicted octanol–water partition coefficient (Wildman–Crippen LogP) is 1.45. The van der Waals surface area contributed by atoms with E-state index in [1.54, 1.807) is 0 Å². The van der Waals surface area contributed by atoms with Gasteiger partial charge in [0.1, 0.15) is 12.4 Å². The molecule has 14 heavy (non-hydrogen) atoms. The lowest BCUT2D eigenvalue weighted by Crippen LogP contribution is -2.16. The first kappa shape index (κ1) is 9.34. The number of hydrogen-bond acceptors (Lipinski definition) is 3. The highest BCUT2D eigenvalue weighted by atomic mass is 16.5. The van der Waals surface area contributed by atoms with Gasteiger partial charge < -0.3 is 15.4 Å². The van der Waals surface area contributed by atoms with Gasteiger partial charge in [-0.1, -0.05) is 6.07 Å². The van der Waals surface area contributed by atoms with Gasteiger partial charge in [-0.2, -0.15) is 0 Å². The molecule has 1 aromatic carbocycles. The summed E-state index contributed by atoms with van der Waals surface area (Å²) in [6, 6.07) is 4.19. The molecule has 0 spiro atoms. The molecule has 0 radical (unpaired) electrons. The van der Waals surface area contributed by atoms with Crippen molar-refractivity contribution < 1.29 is 4.74 Å². The molecule has 1 aliphatic rings. The van der Waals surface area contributed by atoms with E-state index in [4.69, 9.17) is 10.5 Å². The van der Waals surface area contributed by atoms with Crippen molar-refractivity contribution >= 4 is 5.69 Å². The number of hydrogen-bond donors (Lipinski definition) is 1. The maximum absolute atomic E-state index is 6.00. The van der Waals surface area contributed by atoms with Crippen LogP contribution >= 0.6 is 0 Å². The summed E-state index contributed by atoms with van der Waals surface area (Å²) in [7, 11) is 4.05. The lowest BCUT2D eigenvalue weighted by Gasteiger charge is -2.18. The first-order valence-corrected chi connectivity index (χ1v) is 4.80. The molecule has 1 aliphatic heterocycles. The summed E-state index contributed by atoms with van der Waals surface area (Å²) in [5, 5.41) is 0. The topological polar surface area (TPSA) is 38.5 Å². The number of ether oxygens (including phenoxy) is 1. The summed E-state index contributed by atoms with van der Waals surface area (Å²) < 4.78 is 5.58. The molecule has 0 aliphatic carbocycles. The zero-order chi connectivity index (χ0) is 10.3. The van der Waals surface area contributed by atoms with Crippen LogP contribution < -0.4 is 15.4 Å². The third-order valence-corrected chi connectivity index (χ3v) is 2.63. The van der Waals surface area contributed by atoms with Gasteiger partial charge in [0.25, 0.3) is 0 Å². The second-order valence-corrected chi connectivity index (χ2v) is 3.96. The average Bonchev–Trinajstić information content (AvgIpc) is 2.50. The second kappa shape index (κ2) is 3.17. The first-order valence-electron chi connectivity index (χ1n) is 4.80. The van der Waals surface area contributed by atoms with Gasteiger partial charge in [-0.25, -0.2) is 0 Å². The van der Waals surface area contributed by atoms with E-state index in [0.717, 1.165) is 17.0 Å². The number of nitrogens with zero attached hydrogens (tertiary/aromatic N) is 1. The Balaban J connectivity index is 2.60. The summed E-state index contributed by atoms with van der Waals surface area (Å²) in [5.74, 6) is 0.976. The molecule has 1 atom stereocenters. The van der Waals surface area contributed by atoms with E-state index in [-0.39, 0.29) is 6.04 Å². The summed E-state index contributed by atoms with van der Waals surface area (Å²) in [6.07, 6.45) is 0. The predicted molar refractivity (Wildman–Crippen MR) is 57.9 cm³/mol. The smallest absolute Gasteiger partial charge is 0.129 e. The Bertz CT molecular complexity index is 361. The summed E-state index contributed by atoms with van der Waals surface area (Å²) >= 11 is 0. The normalized spacial score (nSPS) is 19.0. The summed E-state index contributed by atoms with van der Waals surface area (Å²) in [5.41, 5.74) is 9.48. The highest BCUT2D eigenvalue weighted by Crippen LogP contribution is 2.40. The molecule has 1 aromatic rings. The molecule has 2 N–H and O–H groups in total. The van der Waals surface area contributed by atoms with Gasteiger partial charge in [0.15, 0.2) is 0 Å². The molecule has 0 aromatic heterocycles. The summed E-state index contributed by atoms with van der Waals surface area (Å²) in [4.78, 5) is 2.08. The lowest BCUT2D eigenvalue weighted by molar-refractivity contribution is 0.331. The van der Waals surface area contributed by atoms with Gasteiger partial charge in [-0.3, -0.25) is 0 Å². The van der Waals surface area contributed by atoms with Crippen LogP contribution in [0.1, 0.15) is 17.2 Å². The van der Waals surface area contributed by atoms with Crippen molar-refractivity contribution in [1.82, 2.24) is 0 Å². The van der Waals surface area contributed by atoms with Gasteiger partial charge in [-0.05, 0) is 18.6 Å². The van der Waals surface area contributed by atoms with Crippen molar-refractivity contribution in [1.29, 1.82) is 0 Å². The van der Waals surface area contributed by atoms with Crippen LogP contribution in [0.25, 0.3) is 0 Å². The third-order valence-electron chi connectivity index (χ3n) is 2.63. The number of nitrogens with two attached hydrogens (primary N) is 1. The Morgan fingerprint density at radius 1 is 1.43 bits per heavy atom. The van der Waals surface area contributed by atoms with Gasteiger partial charge in [0.05, 0.1) is 6.04 Å². The fourth-order valence-corrected chi connectivity index (χ4v) is 1.89. The highest BCUT2D eigenvalue weighted by molar-refractivity contribution is 5.64. The SMILES string of the molecule is Cc1ccc(N(C)C)c2c1OC[C@H]2N. The molecule has 0 fully saturated rings. The minimum Gasteiger partial charge on any atom is -0.491 e. The number of rotatable bonds is 1. The molecule has 3 nitrogen and oxygen atoms in total. The lowest BCUT2D eigenvalue weighted by atomic mass is 10.0. The standard InChI is InChI=1S/C11H16N2O/c1-7-4-5-9(13(2)3)10-8(12)6-14-11(7)10/h4-5,8H,6,12H2,1-3H3/t8-/m1/s1. The Kier molecular flexibility index (Phi) is 2.11. The molecule has 0 saturated heterocycles. The van der Waals surface area contributed by atoms with E-state index < -0.39 is 0 Å². The third kappa shape index (κ3) is 1.24. The van der Waals surface area contributed by atoms with Crippen LogP contribution in [0, 0.1) is 6.92 Å². The highest BCUT2D eigenvalue weighted by Gasteiger charge is 2.26. The molecule has 3 heteroatoms. The zero-order valence-corrected chi connectivity index (χ0v) is 8.87. The van der Waals surface area contributed by atoms with Crippen molar-refractivity contribution in [3.05, 3.63) is 23.3 Å². The molecule has 0 unspecified atom stereocenters. The first-order chi connectivity index (χ1) is 6.61. The monoisotopic (exact) mass is 192 g/mol. The van der Waals surface area contributed by atoms with Crippen LogP contribution in [-0.2, 0) is 0 Å². The van der Waals surface area contributed by atoms with Crippen LogP contribution in [0.4, 0.5) is 5.69 Å². The molecule has 0 saturated carbocycles.